The van der Waals surface area contributed by atoms with Crippen LogP contribution in [-0.2, 0) is 14.2 Å². The molecule has 13 heavy (non-hydrogen) atoms. The van der Waals surface area contributed by atoms with E-state index in [0.717, 1.165) is 0 Å². The van der Waals surface area contributed by atoms with Crippen LogP contribution in [0.1, 0.15) is 33.6 Å². The SMILES string of the molecule is CCCC(C)COC(OC)OCC. The molecule has 0 spiro atoms. The third kappa shape index (κ3) is 6.99. The van der Waals surface area contributed by atoms with Crippen LogP contribution in [0.15, 0.2) is 0 Å². The monoisotopic (exact) mass is 190 g/mol. The minimum absolute atomic E-state index is 0.496. The molecular formula is C10H22O3. The second-order valence-corrected chi connectivity index (χ2v) is 3.21. The molecule has 0 rings (SSSR count). The van der Waals surface area contributed by atoms with Gasteiger partial charge in [-0.2, -0.15) is 0 Å². The maximum absolute atomic E-state index is 5.40. The molecule has 0 radical (unpaired) electrons. The number of hydrogen-bond donors (Lipinski definition) is 0. The first-order chi connectivity index (χ1) is 6.24. The maximum Gasteiger partial charge on any atom is 0.271 e. The lowest BCUT2D eigenvalue weighted by atomic mass is 10.1. The van der Waals surface area contributed by atoms with Crippen LogP contribution in [0.5, 0.6) is 0 Å². The molecule has 3 nitrogen and oxygen atoms in total. The predicted molar refractivity (Wildman–Crippen MR) is 52.4 cm³/mol. The van der Waals surface area contributed by atoms with Gasteiger partial charge < -0.3 is 14.2 Å². The van der Waals surface area contributed by atoms with E-state index in [1.165, 1.54) is 12.8 Å². The second-order valence-electron chi connectivity index (χ2n) is 3.21. The van der Waals surface area contributed by atoms with E-state index < -0.39 is 6.48 Å². The molecule has 0 amide bonds. The summed E-state index contributed by atoms with van der Waals surface area (Å²) in [5, 5.41) is 0. The molecule has 2 unspecified atom stereocenters. The summed E-state index contributed by atoms with van der Waals surface area (Å²) >= 11 is 0. The molecule has 80 valence electrons. The maximum atomic E-state index is 5.40. The summed E-state index contributed by atoms with van der Waals surface area (Å²) in [5.74, 6) is 0.572. The first-order valence-corrected chi connectivity index (χ1v) is 5.00. The van der Waals surface area contributed by atoms with Crippen molar-refractivity contribution in [2.24, 2.45) is 5.92 Å². The molecule has 0 aromatic carbocycles. The molecule has 0 aliphatic rings. The zero-order valence-corrected chi connectivity index (χ0v) is 9.21. The zero-order chi connectivity index (χ0) is 10.1. The highest BCUT2D eigenvalue weighted by Crippen LogP contribution is 2.07. The van der Waals surface area contributed by atoms with E-state index in [2.05, 4.69) is 13.8 Å². The van der Waals surface area contributed by atoms with Crippen molar-refractivity contribution in [2.45, 2.75) is 40.1 Å². The molecule has 0 aromatic rings. The van der Waals surface area contributed by atoms with Crippen molar-refractivity contribution in [3.63, 3.8) is 0 Å². The molecule has 0 saturated heterocycles. The Kier molecular flexibility index (Phi) is 8.40. The Morgan fingerprint density at radius 1 is 1.15 bits per heavy atom. The summed E-state index contributed by atoms with van der Waals surface area (Å²) in [6, 6.07) is 0. The fraction of sp³-hybridized carbons (Fsp3) is 1.00. The predicted octanol–water partition coefficient (Wildman–Crippen LogP) is 2.41. The normalized spacial score (nSPS) is 15.7. The summed E-state index contributed by atoms with van der Waals surface area (Å²) in [6.45, 7) is 7.08. The largest absolute Gasteiger partial charge is 0.333 e. The summed E-state index contributed by atoms with van der Waals surface area (Å²) in [6.07, 6.45) is 2.37. The Morgan fingerprint density at radius 3 is 2.31 bits per heavy atom. The average molecular weight is 190 g/mol. The highest BCUT2D eigenvalue weighted by molar-refractivity contribution is 4.48. The first-order valence-electron chi connectivity index (χ1n) is 5.00. The Morgan fingerprint density at radius 2 is 1.85 bits per heavy atom. The van der Waals surface area contributed by atoms with Gasteiger partial charge in [0.05, 0.1) is 6.61 Å². The van der Waals surface area contributed by atoms with Gasteiger partial charge in [0, 0.05) is 13.7 Å². The summed E-state index contributed by atoms with van der Waals surface area (Å²) in [7, 11) is 1.59. The number of rotatable bonds is 8. The van der Waals surface area contributed by atoms with E-state index >= 15 is 0 Å². The molecule has 0 heterocycles. The zero-order valence-electron chi connectivity index (χ0n) is 9.21. The van der Waals surface area contributed by atoms with Gasteiger partial charge in [0.2, 0.25) is 0 Å². The van der Waals surface area contributed by atoms with Crippen LogP contribution < -0.4 is 0 Å². The van der Waals surface area contributed by atoms with Crippen LogP contribution in [-0.4, -0.2) is 26.8 Å². The van der Waals surface area contributed by atoms with E-state index in [1.54, 1.807) is 7.11 Å². The quantitative estimate of drug-likeness (QED) is 0.550. The van der Waals surface area contributed by atoms with Crippen LogP contribution in [0.25, 0.3) is 0 Å². The van der Waals surface area contributed by atoms with Gasteiger partial charge in [-0.05, 0) is 19.3 Å². The van der Waals surface area contributed by atoms with Crippen LogP contribution in [0.4, 0.5) is 0 Å². The van der Waals surface area contributed by atoms with Crippen molar-refractivity contribution in [1.82, 2.24) is 0 Å². The highest BCUT2D eigenvalue weighted by atomic mass is 16.8. The van der Waals surface area contributed by atoms with Gasteiger partial charge in [0.25, 0.3) is 6.48 Å². The van der Waals surface area contributed by atoms with Gasteiger partial charge in [0.1, 0.15) is 0 Å². The van der Waals surface area contributed by atoms with Gasteiger partial charge in [-0.15, -0.1) is 0 Å². The summed E-state index contributed by atoms with van der Waals surface area (Å²) in [5.41, 5.74) is 0. The fourth-order valence-electron chi connectivity index (χ4n) is 1.14. The van der Waals surface area contributed by atoms with Crippen LogP contribution in [0.3, 0.4) is 0 Å². The minimum atomic E-state index is -0.496. The van der Waals surface area contributed by atoms with E-state index in [9.17, 15) is 0 Å². The van der Waals surface area contributed by atoms with Gasteiger partial charge in [-0.3, -0.25) is 0 Å². The van der Waals surface area contributed by atoms with Gasteiger partial charge in [-0.1, -0.05) is 20.3 Å². The molecule has 0 N–H and O–H groups in total. The molecule has 3 heteroatoms. The number of methoxy groups -OCH3 is 1. The average Bonchev–Trinajstić information content (AvgIpc) is 2.12. The van der Waals surface area contributed by atoms with Gasteiger partial charge in [0.15, 0.2) is 0 Å². The fourth-order valence-corrected chi connectivity index (χ4v) is 1.14. The minimum Gasteiger partial charge on any atom is -0.333 e. The van der Waals surface area contributed by atoms with Crippen molar-refractivity contribution in [3.05, 3.63) is 0 Å². The van der Waals surface area contributed by atoms with E-state index in [1.807, 2.05) is 6.92 Å². The van der Waals surface area contributed by atoms with Crippen LogP contribution in [0.2, 0.25) is 0 Å². The molecule has 0 bridgehead atoms. The smallest absolute Gasteiger partial charge is 0.271 e. The molecule has 0 fully saturated rings. The van der Waals surface area contributed by atoms with E-state index in [0.29, 0.717) is 19.1 Å². The lowest BCUT2D eigenvalue weighted by Gasteiger charge is -2.18. The number of ether oxygens (including phenoxy) is 3. The Balaban J connectivity index is 3.46. The van der Waals surface area contributed by atoms with Crippen molar-refractivity contribution < 1.29 is 14.2 Å². The van der Waals surface area contributed by atoms with Crippen molar-refractivity contribution in [2.75, 3.05) is 20.3 Å². The van der Waals surface area contributed by atoms with Crippen molar-refractivity contribution >= 4 is 0 Å². The highest BCUT2D eigenvalue weighted by Gasteiger charge is 2.08. The van der Waals surface area contributed by atoms with Crippen LogP contribution in [0, 0.1) is 5.92 Å². The summed E-state index contributed by atoms with van der Waals surface area (Å²) < 4.78 is 15.6. The first kappa shape index (κ1) is 12.9. The molecular weight excluding hydrogens is 168 g/mol. The third-order valence-electron chi connectivity index (χ3n) is 1.79. The molecule has 0 aromatic heterocycles. The van der Waals surface area contributed by atoms with Crippen molar-refractivity contribution in [3.8, 4) is 0 Å². The lowest BCUT2D eigenvalue weighted by molar-refractivity contribution is -0.278. The number of hydrogen-bond acceptors (Lipinski definition) is 3. The Labute approximate surface area is 81.4 Å². The third-order valence-corrected chi connectivity index (χ3v) is 1.79. The standard InChI is InChI=1S/C10H22O3/c1-5-7-9(3)8-13-10(11-4)12-6-2/h9-10H,5-8H2,1-4H3. The van der Waals surface area contributed by atoms with E-state index in [4.69, 9.17) is 14.2 Å². The molecule has 0 aliphatic heterocycles. The second kappa shape index (κ2) is 8.48. The lowest BCUT2D eigenvalue weighted by Crippen LogP contribution is -2.22. The van der Waals surface area contributed by atoms with Crippen LogP contribution >= 0.6 is 0 Å². The molecule has 0 aliphatic carbocycles. The molecule has 0 saturated carbocycles. The van der Waals surface area contributed by atoms with Crippen molar-refractivity contribution in [1.29, 1.82) is 0 Å². The topological polar surface area (TPSA) is 27.7 Å². The summed E-state index contributed by atoms with van der Waals surface area (Å²) in [4.78, 5) is 0. The van der Waals surface area contributed by atoms with Gasteiger partial charge in [-0.25, -0.2) is 0 Å². The van der Waals surface area contributed by atoms with Gasteiger partial charge >= 0.3 is 0 Å². The van der Waals surface area contributed by atoms with E-state index in [-0.39, 0.29) is 0 Å². The Hall–Kier alpha value is -0.120. The molecule has 2 atom stereocenters. The Bertz CT molecular complexity index is 106.